The largest absolute Gasteiger partial charge is 0.298 e. The van der Waals surface area contributed by atoms with E-state index >= 15 is 0 Å². The summed E-state index contributed by atoms with van der Waals surface area (Å²) in [7, 11) is 0. The Hall–Kier alpha value is -0.480. The molecule has 0 atom stereocenters. The molecule has 2 fully saturated rings. The zero-order valence-corrected chi connectivity index (χ0v) is 6.24. The summed E-state index contributed by atoms with van der Waals surface area (Å²) in [5.74, 6) is 2.94. The fraction of sp³-hybridized carbons (Fsp3) is 0.625. The Balaban J connectivity index is 2.15. The molecule has 0 aromatic rings. The molecule has 0 saturated heterocycles. The van der Waals surface area contributed by atoms with Gasteiger partial charge in [-0.05, 0) is 12.8 Å². The van der Waals surface area contributed by atoms with E-state index in [2.05, 4.69) is 5.92 Å². The summed E-state index contributed by atoms with van der Waals surface area (Å²) in [6.07, 6.45) is 7.02. The lowest BCUT2D eigenvalue weighted by molar-refractivity contribution is -0.119. The molecule has 0 radical (unpaired) electrons. The van der Waals surface area contributed by atoms with E-state index < -0.39 is 0 Å². The van der Waals surface area contributed by atoms with Crippen LogP contribution in [0.25, 0.3) is 0 Å². The highest BCUT2D eigenvalue weighted by atomic mass is 35.5. The molecule has 2 heteroatoms. The van der Waals surface area contributed by atoms with E-state index in [4.69, 9.17) is 18.0 Å². The minimum absolute atomic E-state index is 0.0288. The molecular weight excluding hydrogens is 148 g/mol. The van der Waals surface area contributed by atoms with Gasteiger partial charge in [0.2, 0.25) is 0 Å². The van der Waals surface area contributed by atoms with Crippen LogP contribution in [-0.2, 0) is 4.79 Å². The summed E-state index contributed by atoms with van der Waals surface area (Å²) in [5, 5.41) is 0. The monoisotopic (exact) mass is 154 g/mol. The number of hydrogen-bond acceptors (Lipinski definition) is 1. The van der Waals surface area contributed by atoms with Gasteiger partial charge < -0.3 is 0 Å². The third-order valence-electron chi connectivity index (χ3n) is 2.80. The topological polar surface area (TPSA) is 17.1 Å². The van der Waals surface area contributed by atoms with E-state index in [1.807, 2.05) is 0 Å². The van der Waals surface area contributed by atoms with Gasteiger partial charge in [-0.3, -0.25) is 4.79 Å². The molecule has 0 heterocycles. The average Bonchev–Trinajstić information content (AvgIpc) is 2.70. The predicted molar refractivity (Wildman–Crippen MR) is 38.7 cm³/mol. The summed E-state index contributed by atoms with van der Waals surface area (Å²) < 4.78 is 0. The Morgan fingerprint density at radius 1 is 1.70 bits per heavy atom. The second kappa shape index (κ2) is 1.40. The van der Waals surface area contributed by atoms with Crippen LogP contribution in [0.4, 0.5) is 0 Å². The van der Waals surface area contributed by atoms with Crippen LogP contribution in [0, 0.1) is 23.2 Å². The first kappa shape index (κ1) is 6.24. The maximum Gasteiger partial charge on any atom is 0.155 e. The molecule has 2 rings (SSSR count). The van der Waals surface area contributed by atoms with Crippen molar-refractivity contribution in [3.63, 3.8) is 0 Å². The van der Waals surface area contributed by atoms with Crippen molar-refractivity contribution in [2.75, 3.05) is 5.88 Å². The van der Waals surface area contributed by atoms with E-state index in [1.54, 1.807) is 0 Å². The number of fused-ring (bicyclic) bond motifs is 1. The SMILES string of the molecule is C#CC12CC1(C(=O)CCl)C2. The van der Waals surface area contributed by atoms with E-state index in [0.717, 1.165) is 12.8 Å². The molecule has 2 saturated carbocycles. The van der Waals surface area contributed by atoms with Crippen LogP contribution in [0.5, 0.6) is 0 Å². The van der Waals surface area contributed by atoms with Crippen molar-refractivity contribution in [3.05, 3.63) is 0 Å². The molecule has 0 aromatic heterocycles. The summed E-state index contributed by atoms with van der Waals surface area (Å²) in [5.41, 5.74) is -0.164. The first-order valence-electron chi connectivity index (χ1n) is 3.28. The number of alkyl halides is 1. The molecule has 0 aliphatic heterocycles. The van der Waals surface area contributed by atoms with E-state index in [9.17, 15) is 4.79 Å². The van der Waals surface area contributed by atoms with Crippen LogP contribution in [-0.4, -0.2) is 11.7 Å². The van der Waals surface area contributed by atoms with Gasteiger partial charge in [-0.2, -0.15) is 0 Å². The molecule has 0 aromatic carbocycles. The Morgan fingerprint density at radius 2 is 2.30 bits per heavy atom. The zero-order chi connectivity index (χ0) is 7.41. The van der Waals surface area contributed by atoms with E-state index in [1.165, 1.54) is 0 Å². The van der Waals surface area contributed by atoms with Crippen molar-refractivity contribution < 1.29 is 4.79 Å². The lowest BCUT2D eigenvalue weighted by Gasteiger charge is -1.93. The van der Waals surface area contributed by atoms with Crippen LogP contribution in [0.15, 0.2) is 0 Å². The van der Waals surface area contributed by atoms with Crippen LogP contribution in [0.3, 0.4) is 0 Å². The average molecular weight is 155 g/mol. The number of terminal acetylenes is 1. The van der Waals surface area contributed by atoms with Gasteiger partial charge in [0.25, 0.3) is 0 Å². The third-order valence-corrected chi connectivity index (χ3v) is 3.05. The summed E-state index contributed by atoms with van der Waals surface area (Å²) >= 11 is 5.40. The maximum atomic E-state index is 11.1. The van der Waals surface area contributed by atoms with Gasteiger partial charge in [-0.25, -0.2) is 0 Å². The van der Waals surface area contributed by atoms with Crippen molar-refractivity contribution in [2.24, 2.45) is 10.8 Å². The number of carbonyl (C=O) groups excluding carboxylic acids is 1. The van der Waals surface area contributed by atoms with Gasteiger partial charge in [0.15, 0.2) is 5.78 Å². The number of halogens is 1. The lowest BCUT2D eigenvalue weighted by Crippen LogP contribution is -2.07. The van der Waals surface area contributed by atoms with E-state index in [0.29, 0.717) is 0 Å². The Labute approximate surface area is 64.7 Å². The fourth-order valence-electron chi connectivity index (χ4n) is 1.72. The number of carbonyl (C=O) groups is 1. The predicted octanol–water partition coefficient (Wildman–Crippen LogP) is 1.21. The molecule has 0 bridgehead atoms. The quantitative estimate of drug-likeness (QED) is 0.432. The van der Waals surface area contributed by atoms with Gasteiger partial charge in [0, 0.05) is 10.8 Å². The molecule has 2 aliphatic rings. The van der Waals surface area contributed by atoms with Crippen LogP contribution >= 0.6 is 11.6 Å². The van der Waals surface area contributed by atoms with Crippen molar-refractivity contribution in [1.29, 1.82) is 0 Å². The van der Waals surface area contributed by atoms with E-state index in [-0.39, 0.29) is 22.5 Å². The standard InChI is InChI=1S/C8H7ClO/c1-2-7-4-8(7,5-7)6(10)3-9/h1H,3-5H2. The molecule has 0 amide bonds. The highest BCUT2D eigenvalue weighted by molar-refractivity contribution is 6.29. The Kier molecular flexibility index (Phi) is 0.877. The molecule has 10 heavy (non-hydrogen) atoms. The van der Waals surface area contributed by atoms with Crippen LogP contribution in [0.2, 0.25) is 0 Å². The molecule has 0 N–H and O–H groups in total. The number of ketones is 1. The van der Waals surface area contributed by atoms with Crippen LogP contribution < -0.4 is 0 Å². The highest BCUT2D eigenvalue weighted by Gasteiger charge is 2.85. The van der Waals surface area contributed by atoms with Gasteiger partial charge in [0.05, 0.1) is 5.88 Å². The maximum absolute atomic E-state index is 11.1. The fourth-order valence-corrected chi connectivity index (χ4v) is 1.98. The second-order valence-electron chi connectivity index (χ2n) is 3.22. The first-order valence-corrected chi connectivity index (χ1v) is 3.81. The summed E-state index contributed by atoms with van der Waals surface area (Å²) in [6, 6.07) is 0. The highest BCUT2D eigenvalue weighted by Crippen LogP contribution is 2.86. The third kappa shape index (κ3) is 0.422. The first-order chi connectivity index (χ1) is 4.71. The van der Waals surface area contributed by atoms with Crippen molar-refractivity contribution in [1.82, 2.24) is 0 Å². The minimum Gasteiger partial charge on any atom is -0.298 e. The van der Waals surface area contributed by atoms with Crippen LogP contribution in [0.1, 0.15) is 12.8 Å². The van der Waals surface area contributed by atoms with Gasteiger partial charge in [-0.1, -0.05) is 5.92 Å². The van der Waals surface area contributed by atoms with Crippen molar-refractivity contribution in [3.8, 4) is 12.3 Å². The minimum atomic E-state index is -0.135. The normalized spacial score (nSPS) is 47.2. The second-order valence-corrected chi connectivity index (χ2v) is 3.49. The van der Waals surface area contributed by atoms with Gasteiger partial charge in [-0.15, -0.1) is 18.0 Å². The lowest BCUT2D eigenvalue weighted by atomic mass is 10.1. The summed E-state index contributed by atoms with van der Waals surface area (Å²) in [4.78, 5) is 11.1. The van der Waals surface area contributed by atoms with Gasteiger partial charge in [0.1, 0.15) is 0 Å². The molecule has 0 spiro atoms. The Bertz CT molecular complexity index is 242. The van der Waals surface area contributed by atoms with Crippen molar-refractivity contribution in [2.45, 2.75) is 12.8 Å². The molecule has 2 aliphatic carbocycles. The Morgan fingerprint density at radius 3 is 2.60 bits per heavy atom. The molecular formula is C8H7ClO. The van der Waals surface area contributed by atoms with Crippen molar-refractivity contribution >= 4 is 17.4 Å². The van der Waals surface area contributed by atoms with Gasteiger partial charge >= 0.3 is 0 Å². The number of hydrogen-bond donors (Lipinski definition) is 0. The molecule has 1 nitrogen and oxygen atoms in total. The summed E-state index contributed by atoms with van der Waals surface area (Å²) in [6.45, 7) is 0. The molecule has 52 valence electrons. The zero-order valence-electron chi connectivity index (χ0n) is 5.48. The number of Topliss-reactive ketones (excluding diaryl/α,β-unsaturated/α-hetero) is 1. The number of rotatable bonds is 2. The molecule has 0 unspecified atom stereocenters. The smallest absolute Gasteiger partial charge is 0.155 e.